The van der Waals surface area contributed by atoms with Gasteiger partial charge in [-0.15, -0.1) is 0 Å². The number of anilines is 1. The highest BCUT2D eigenvalue weighted by Crippen LogP contribution is 2.17. The Labute approximate surface area is 114 Å². The molecule has 0 aliphatic rings. The van der Waals surface area contributed by atoms with Crippen molar-refractivity contribution in [3.8, 4) is 0 Å². The molecule has 0 aliphatic heterocycles. The first kappa shape index (κ1) is 13.0. The molecule has 1 aromatic heterocycles. The van der Waals surface area contributed by atoms with Gasteiger partial charge in [-0.1, -0.05) is 41.9 Å². The van der Waals surface area contributed by atoms with E-state index in [2.05, 4.69) is 21.0 Å². The predicted octanol–water partition coefficient (Wildman–Crippen LogP) is 2.69. The van der Waals surface area contributed by atoms with Gasteiger partial charge in [-0.25, -0.2) is 4.68 Å². The van der Waals surface area contributed by atoms with Crippen molar-refractivity contribution in [2.75, 3.05) is 5.73 Å². The van der Waals surface area contributed by atoms with Crippen LogP contribution in [0.4, 0.5) is 5.69 Å². The maximum Gasteiger partial charge on any atom is 0.290 e. The van der Waals surface area contributed by atoms with Crippen molar-refractivity contribution in [3.63, 3.8) is 0 Å². The lowest BCUT2D eigenvalue weighted by molar-refractivity contribution is 0.640. The molecule has 0 bridgehead atoms. The van der Waals surface area contributed by atoms with Crippen LogP contribution in [0.5, 0.6) is 0 Å². The normalized spacial score (nSPS) is 11.1. The molecule has 0 unspecified atom stereocenters. The Morgan fingerprint density at radius 1 is 1.44 bits per heavy atom. The molecule has 18 heavy (non-hydrogen) atoms. The quantitative estimate of drug-likeness (QED) is 0.915. The van der Waals surface area contributed by atoms with Crippen LogP contribution in [0.2, 0.25) is 0 Å². The molecule has 2 rings (SSSR count). The second-order valence-corrected chi connectivity index (χ2v) is 5.53. The number of aromatic nitrogens is 2. The van der Waals surface area contributed by atoms with E-state index in [-0.39, 0.29) is 11.5 Å². The minimum Gasteiger partial charge on any atom is -0.393 e. The molecule has 0 aliphatic carbocycles. The molecule has 0 amide bonds. The van der Waals surface area contributed by atoms with Gasteiger partial charge in [0.1, 0.15) is 5.69 Å². The SMILES string of the molecule is CC(C)c1[nH]n(Cc2cccc(Br)c2)c(=O)c1N. The van der Waals surface area contributed by atoms with Crippen LogP contribution >= 0.6 is 15.9 Å². The zero-order valence-electron chi connectivity index (χ0n) is 10.4. The topological polar surface area (TPSA) is 63.8 Å². The smallest absolute Gasteiger partial charge is 0.290 e. The standard InChI is InChI=1S/C13H16BrN3O/c1-8(2)12-11(15)13(18)17(16-12)7-9-4-3-5-10(14)6-9/h3-6,8,16H,7,15H2,1-2H3. The van der Waals surface area contributed by atoms with Crippen molar-refractivity contribution in [3.05, 3.63) is 50.3 Å². The molecule has 0 atom stereocenters. The number of nitrogen functional groups attached to an aromatic ring is 1. The number of hydrogen-bond donors (Lipinski definition) is 2. The van der Waals surface area contributed by atoms with E-state index in [4.69, 9.17) is 5.73 Å². The first-order valence-corrected chi connectivity index (χ1v) is 6.61. The van der Waals surface area contributed by atoms with Crippen molar-refractivity contribution in [2.45, 2.75) is 26.3 Å². The third kappa shape index (κ3) is 2.51. The van der Waals surface area contributed by atoms with E-state index in [0.717, 1.165) is 15.7 Å². The van der Waals surface area contributed by atoms with Crippen molar-refractivity contribution >= 4 is 21.6 Å². The molecule has 2 aromatic rings. The van der Waals surface area contributed by atoms with E-state index in [1.54, 1.807) is 4.68 Å². The van der Waals surface area contributed by atoms with Crippen LogP contribution in [0.1, 0.15) is 31.0 Å². The summed E-state index contributed by atoms with van der Waals surface area (Å²) in [4.78, 5) is 12.0. The number of halogens is 1. The van der Waals surface area contributed by atoms with Gasteiger partial charge < -0.3 is 5.73 Å². The summed E-state index contributed by atoms with van der Waals surface area (Å²) in [6.07, 6.45) is 0. The molecule has 96 valence electrons. The van der Waals surface area contributed by atoms with Crippen molar-refractivity contribution in [1.82, 2.24) is 9.78 Å². The summed E-state index contributed by atoms with van der Waals surface area (Å²) in [5.41, 5.74) is 7.82. The third-order valence-electron chi connectivity index (χ3n) is 2.83. The van der Waals surface area contributed by atoms with Crippen LogP contribution in [0, 0.1) is 0 Å². The fraction of sp³-hybridized carbons (Fsp3) is 0.308. The monoisotopic (exact) mass is 309 g/mol. The van der Waals surface area contributed by atoms with E-state index in [1.165, 1.54) is 0 Å². The number of rotatable bonds is 3. The summed E-state index contributed by atoms with van der Waals surface area (Å²) < 4.78 is 2.54. The van der Waals surface area contributed by atoms with E-state index in [9.17, 15) is 4.79 Å². The highest BCUT2D eigenvalue weighted by Gasteiger charge is 2.13. The Hall–Kier alpha value is -1.49. The lowest BCUT2D eigenvalue weighted by Crippen LogP contribution is -2.19. The predicted molar refractivity (Wildman–Crippen MR) is 76.8 cm³/mol. The lowest BCUT2D eigenvalue weighted by Gasteiger charge is -2.04. The van der Waals surface area contributed by atoms with E-state index < -0.39 is 0 Å². The molecule has 3 N–H and O–H groups in total. The Morgan fingerprint density at radius 3 is 2.72 bits per heavy atom. The van der Waals surface area contributed by atoms with Crippen LogP contribution in [0.3, 0.4) is 0 Å². The molecule has 0 saturated heterocycles. The fourth-order valence-corrected chi connectivity index (χ4v) is 2.33. The van der Waals surface area contributed by atoms with Crippen LogP contribution in [0.25, 0.3) is 0 Å². The Morgan fingerprint density at radius 2 is 2.17 bits per heavy atom. The first-order chi connectivity index (χ1) is 8.49. The van der Waals surface area contributed by atoms with Crippen molar-refractivity contribution in [2.24, 2.45) is 0 Å². The number of aromatic amines is 1. The maximum atomic E-state index is 12.0. The summed E-state index contributed by atoms with van der Waals surface area (Å²) >= 11 is 3.41. The van der Waals surface area contributed by atoms with Gasteiger partial charge in [0.2, 0.25) is 0 Å². The van der Waals surface area contributed by atoms with E-state index in [0.29, 0.717) is 12.2 Å². The Balaban J connectivity index is 2.36. The number of nitrogens with zero attached hydrogens (tertiary/aromatic N) is 1. The van der Waals surface area contributed by atoms with Crippen LogP contribution in [-0.2, 0) is 6.54 Å². The largest absolute Gasteiger partial charge is 0.393 e. The third-order valence-corrected chi connectivity index (χ3v) is 3.32. The van der Waals surface area contributed by atoms with Gasteiger partial charge in [0.25, 0.3) is 5.56 Å². The van der Waals surface area contributed by atoms with E-state index in [1.807, 2.05) is 38.1 Å². The molecule has 5 heteroatoms. The van der Waals surface area contributed by atoms with Crippen LogP contribution in [-0.4, -0.2) is 9.78 Å². The van der Waals surface area contributed by atoms with Gasteiger partial charge in [-0.2, -0.15) is 0 Å². The van der Waals surface area contributed by atoms with Crippen molar-refractivity contribution in [1.29, 1.82) is 0 Å². The first-order valence-electron chi connectivity index (χ1n) is 5.81. The molecule has 4 nitrogen and oxygen atoms in total. The minimum absolute atomic E-state index is 0.154. The number of nitrogens with one attached hydrogen (secondary N) is 1. The van der Waals surface area contributed by atoms with Gasteiger partial charge >= 0.3 is 0 Å². The minimum atomic E-state index is -0.154. The lowest BCUT2D eigenvalue weighted by atomic mass is 10.1. The number of nitrogens with two attached hydrogens (primary N) is 1. The molecule has 0 spiro atoms. The number of H-pyrrole nitrogens is 1. The van der Waals surface area contributed by atoms with Gasteiger partial charge in [-0.3, -0.25) is 9.89 Å². The van der Waals surface area contributed by atoms with Gasteiger partial charge in [0, 0.05) is 4.47 Å². The summed E-state index contributed by atoms with van der Waals surface area (Å²) in [6.45, 7) is 4.51. The molecule has 0 radical (unpaired) electrons. The average Bonchev–Trinajstić information content (AvgIpc) is 2.58. The summed E-state index contributed by atoms with van der Waals surface area (Å²) in [6, 6.07) is 7.86. The van der Waals surface area contributed by atoms with Crippen LogP contribution < -0.4 is 11.3 Å². The maximum absolute atomic E-state index is 12.0. The zero-order chi connectivity index (χ0) is 13.3. The van der Waals surface area contributed by atoms with E-state index >= 15 is 0 Å². The molecule has 1 aromatic carbocycles. The second kappa shape index (κ2) is 5.02. The molecule has 0 fully saturated rings. The number of benzene rings is 1. The Kier molecular flexibility index (Phi) is 3.61. The second-order valence-electron chi connectivity index (χ2n) is 4.62. The highest BCUT2D eigenvalue weighted by atomic mass is 79.9. The van der Waals surface area contributed by atoms with Gasteiger partial charge in [-0.05, 0) is 23.6 Å². The Bertz CT molecular complexity index is 613. The average molecular weight is 310 g/mol. The zero-order valence-corrected chi connectivity index (χ0v) is 12.0. The van der Waals surface area contributed by atoms with Crippen LogP contribution in [0.15, 0.2) is 33.5 Å². The highest BCUT2D eigenvalue weighted by molar-refractivity contribution is 9.10. The molecule has 0 saturated carbocycles. The van der Waals surface area contributed by atoms with Gasteiger partial charge in [0.15, 0.2) is 0 Å². The molecule has 1 heterocycles. The molecular weight excluding hydrogens is 294 g/mol. The summed E-state index contributed by atoms with van der Waals surface area (Å²) in [5.74, 6) is 0.210. The van der Waals surface area contributed by atoms with Gasteiger partial charge in [0.05, 0.1) is 12.2 Å². The summed E-state index contributed by atoms with van der Waals surface area (Å²) in [5, 5.41) is 3.08. The number of hydrogen-bond acceptors (Lipinski definition) is 2. The van der Waals surface area contributed by atoms with Crippen molar-refractivity contribution < 1.29 is 0 Å². The fourth-order valence-electron chi connectivity index (χ4n) is 1.89. The summed E-state index contributed by atoms with van der Waals surface area (Å²) in [7, 11) is 0. The molecular formula is C13H16BrN3O.